The first-order valence-electron chi connectivity index (χ1n) is 5.38. The smallest absolute Gasteiger partial charge is 0.309 e. The summed E-state index contributed by atoms with van der Waals surface area (Å²) in [7, 11) is 0. The standard InChI is InChI=1S/C12H9N5O2/c13-6-9-2-1-3-11(12(9)17(18)19)15-7-10-4-5-14-8-16-10/h1-5,8,15H,7H2. The molecule has 1 aromatic heterocycles. The first-order valence-corrected chi connectivity index (χ1v) is 5.38. The average molecular weight is 255 g/mol. The van der Waals surface area contributed by atoms with Gasteiger partial charge in [-0.05, 0) is 18.2 Å². The highest BCUT2D eigenvalue weighted by Crippen LogP contribution is 2.28. The molecule has 0 aliphatic heterocycles. The van der Waals surface area contributed by atoms with Gasteiger partial charge in [0.2, 0.25) is 0 Å². The van der Waals surface area contributed by atoms with Crippen molar-refractivity contribution in [2.24, 2.45) is 0 Å². The first-order chi connectivity index (χ1) is 9.22. The molecule has 94 valence electrons. The lowest BCUT2D eigenvalue weighted by molar-refractivity contribution is -0.384. The molecule has 7 heteroatoms. The van der Waals surface area contributed by atoms with E-state index in [1.807, 2.05) is 6.07 Å². The van der Waals surface area contributed by atoms with Crippen LogP contribution in [0.15, 0.2) is 36.8 Å². The molecular formula is C12H9N5O2. The van der Waals surface area contributed by atoms with Crippen molar-refractivity contribution in [2.45, 2.75) is 6.54 Å². The Balaban J connectivity index is 2.26. The van der Waals surface area contributed by atoms with Gasteiger partial charge in [0.25, 0.3) is 0 Å². The van der Waals surface area contributed by atoms with Crippen molar-refractivity contribution in [1.82, 2.24) is 9.97 Å². The fourth-order valence-corrected chi connectivity index (χ4v) is 1.58. The summed E-state index contributed by atoms with van der Waals surface area (Å²) in [5.74, 6) is 0. The van der Waals surface area contributed by atoms with E-state index in [0.717, 1.165) is 0 Å². The van der Waals surface area contributed by atoms with Crippen LogP contribution in [0.25, 0.3) is 0 Å². The third-order valence-electron chi connectivity index (χ3n) is 2.44. The van der Waals surface area contributed by atoms with Crippen molar-refractivity contribution in [1.29, 1.82) is 5.26 Å². The molecular weight excluding hydrogens is 246 g/mol. The Morgan fingerprint density at radius 2 is 2.26 bits per heavy atom. The third kappa shape index (κ3) is 2.81. The van der Waals surface area contributed by atoms with Crippen molar-refractivity contribution in [3.05, 3.63) is 58.2 Å². The van der Waals surface area contributed by atoms with Crippen LogP contribution in [0.4, 0.5) is 11.4 Å². The van der Waals surface area contributed by atoms with Gasteiger partial charge in [-0.25, -0.2) is 9.97 Å². The SMILES string of the molecule is N#Cc1cccc(NCc2ccncn2)c1[N+](=O)[O-]. The number of rotatable bonds is 4. The molecule has 0 spiro atoms. The van der Waals surface area contributed by atoms with Gasteiger partial charge in [-0.15, -0.1) is 0 Å². The van der Waals surface area contributed by atoms with Crippen LogP contribution >= 0.6 is 0 Å². The van der Waals surface area contributed by atoms with Gasteiger partial charge in [0.15, 0.2) is 0 Å². The van der Waals surface area contributed by atoms with E-state index in [4.69, 9.17) is 5.26 Å². The topological polar surface area (TPSA) is 105 Å². The fourth-order valence-electron chi connectivity index (χ4n) is 1.58. The van der Waals surface area contributed by atoms with Crippen molar-refractivity contribution >= 4 is 11.4 Å². The summed E-state index contributed by atoms with van der Waals surface area (Å²) in [5, 5.41) is 22.8. The van der Waals surface area contributed by atoms with Crippen molar-refractivity contribution < 1.29 is 4.92 Å². The fraction of sp³-hybridized carbons (Fsp3) is 0.0833. The number of nitrogens with one attached hydrogen (secondary N) is 1. The predicted molar refractivity (Wildman–Crippen MR) is 67.2 cm³/mol. The lowest BCUT2D eigenvalue weighted by atomic mass is 10.1. The molecule has 19 heavy (non-hydrogen) atoms. The van der Waals surface area contributed by atoms with Crippen LogP contribution in [0.3, 0.4) is 0 Å². The zero-order chi connectivity index (χ0) is 13.7. The van der Waals surface area contributed by atoms with E-state index >= 15 is 0 Å². The Labute approximate surface area is 108 Å². The zero-order valence-electron chi connectivity index (χ0n) is 9.78. The van der Waals surface area contributed by atoms with Gasteiger partial charge in [-0.2, -0.15) is 5.26 Å². The van der Waals surface area contributed by atoms with E-state index in [1.54, 1.807) is 24.4 Å². The molecule has 2 aromatic rings. The number of nitro groups is 1. The summed E-state index contributed by atoms with van der Waals surface area (Å²) >= 11 is 0. The largest absolute Gasteiger partial charge is 0.374 e. The van der Waals surface area contributed by atoms with Crippen LogP contribution in [0.2, 0.25) is 0 Å². The Hall–Kier alpha value is -3.01. The van der Waals surface area contributed by atoms with E-state index in [9.17, 15) is 10.1 Å². The van der Waals surface area contributed by atoms with Crippen LogP contribution in [0.1, 0.15) is 11.3 Å². The van der Waals surface area contributed by atoms with E-state index in [1.165, 1.54) is 12.4 Å². The van der Waals surface area contributed by atoms with Crippen LogP contribution in [0, 0.1) is 21.4 Å². The van der Waals surface area contributed by atoms with Crippen LogP contribution in [0.5, 0.6) is 0 Å². The normalized spacial score (nSPS) is 9.63. The minimum Gasteiger partial charge on any atom is -0.374 e. The van der Waals surface area contributed by atoms with Gasteiger partial charge in [0, 0.05) is 6.20 Å². The van der Waals surface area contributed by atoms with E-state index < -0.39 is 4.92 Å². The Bertz CT molecular complexity index is 636. The number of nitriles is 1. The number of hydrogen-bond donors (Lipinski definition) is 1. The first kappa shape index (κ1) is 12.4. The Morgan fingerprint density at radius 1 is 1.42 bits per heavy atom. The quantitative estimate of drug-likeness (QED) is 0.660. The molecule has 0 bridgehead atoms. The number of benzene rings is 1. The van der Waals surface area contributed by atoms with Gasteiger partial charge >= 0.3 is 5.69 Å². The molecule has 0 saturated carbocycles. The molecule has 1 aromatic carbocycles. The van der Waals surface area contributed by atoms with Gasteiger partial charge in [-0.3, -0.25) is 10.1 Å². The number of nitro benzene ring substituents is 1. The second kappa shape index (κ2) is 5.55. The highest BCUT2D eigenvalue weighted by Gasteiger charge is 2.19. The molecule has 0 atom stereocenters. The summed E-state index contributed by atoms with van der Waals surface area (Å²) in [6, 6.07) is 8.07. The van der Waals surface area contributed by atoms with Crippen molar-refractivity contribution in [3.63, 3.8) is 0 Å². The summed E-state index contributed by atoms with van der Waals surface area (Å²) in [6.45, 7) is 0.318. The summed E-state index contributed by atoms with van der Waals surface area (Å²) in [4.78, 5) is 18.2. The number of aromatic nitrogens is 2. The number of anilines is 1. The molecule has 1 heterocycles. The molecule has 0 amide bonds. The number of nitrogens with zero attached hydrogens (tertiary/aromatic N) is 4. The highest BCUT2D eigenvalue weighted by atomic mass is 16.6. The van der Waals surface area contributed by atoms with Crippen LogP contribution in [-0.4, -0.2) is 14.9 Å². The molecule has 0 aliphatic rings. The van der Waals surface area contributed by atoms with E-state index in [-0.39, 0.29) is 11.3 Å². The minimum atomic E-state index is -0.569. The van der Waals surface area contributed by atoms with E-state index in [0.29, 0.717) is 17.9 Å². The molecule has 0 fully saturated rings. The second-order valence-corrected chi connectivity index (χ2v) is 3.62. The lowest BCUT2D eigenvalue weighted by Crippen LogP contribution is -2.05. The molecule has 0 unspecified atom stereocenters. The molecule has 7 nitrogen and oxygen atoms in total. The van der Waals surface area contributed by atoms with Crippen molar-refractivity contribution in [3.8, 4) is 6.07 Å². The highest BCUT2D eigenvalue weighted by molar-refractivity contribution is 5.68. The monoisotopic (exact) mass is 255 g/mol. The maximum Gasteiger partial charge on any atom is 0.309 e. The van der Waals surface area contributed by atoms with E-state index in [2.05, 4.69) is 15.3 Å². The Morgan fingerprint density at radius 3 is 2.89 bits per heavy atom. The third-order valence-corrected chi connectivity index (χ3v) is 2.44. The summed E-state index contributed by atoms with van der Waals surface area (Å²) in [6.07, 6.45) is 2.99. The van der Waals surface area contributed by atoms with Gasteiger partial charge in [0.1, 0.15) is 23.6 Å². The van der Waals surface area contributed by atoms with Crippen LogP contribution < -0.4 is 5.32 Å². The lowest BCUT2D eigenvalue weighted by Gasteiger charge is -2.07. The molecule has 1 N–H and O–H groups in total. The zero-order valence-corrected chi connectivity index (χ0v) is 9.78. The molecule has 0 radical (unpaired) electrons. The maximum absolute atomic E-state index is 11.0. The molecule has 0 aliphatic carbocycles. The summed E-state index contributed by atoms with van der Waals surface area (Å²) in [5.41, 5.74) is 0.797. The van der Waals surface area contributed by atoms with Crippen molar-refractivity contribution in [2.75, 3.05) is 5.32 Å². The summed E-state index contributed by atoms with van der Waals surface area (Å²) < 4.78 is 0. The number of para-hydroxylation sites is 1. The minimum absolute atomic E-state index is 0.0256. The molecule has 0 saturated heterocycles. The second-order valence-electron chi connectivity index (χ2n) is 3.62. The number of hydrogen-bond acceptors (Lipinski definition) is 6. The maximum atomic E-state index is 11.0. The average Bonchev–Trinajstić information content (AvgIpc) is 2.45. The predicted octanol–water partition coefficient (Wildman–Crippen LogP) is 1.87. The molecule has 2 rings (SSSR count). The Kier molecular flexibility index (Phi) is 3.64. The van der Waals surface area contributed by atoms with Gasteiger partial charge in [0.05, 0.1) is 17.2 Å². The van der Waals surface area contributed by atoms with Crippen LogP contribution in [-0.2, 0) is 6.54 Å². The van der Waals surface area contributed by atoms with Gasteiger partial charge in [-0.1, -0.05) is 6.07 Å². The van der Waals surface area contributed by atoms with Gasteiger partial charge < -0.3 is 5.32 Å².